The Morgan fingerprint density at radius 2 is 1.80 bits per heavy atom. The predicted octanol–water partition coefficient (Wildman–Crippen LogP) is 1.55. The molecule has 0 bridgehead atoms. The lowest BCUT2D eigenvalue weighted by atomic mass is 10.1. The Balaban J connectivity index is 2.39. The van der Waals surface area contributed by atoms with Gasteiger partial charge in [0.15, 0.2) is 0 Å². The van der Waals surface area contributed by atoms with Gasteiger partial charge in [-0.1, -0.05) is 13.8 Å². The highest BCUT2D eigenvalue weighted by Crippen LogP contribution is 2.34. The summed E-state index contributed by atoms with van der Waals surface area (Å²) in [5.74, 6) is 0.0756. The van der Waals surface area contributed by atoms with Crippen molar-refractivity contribution in [1.82, 2.24) is 5.32 Å². The SMILES string of the molecule is CC(C)[C@@H]1N[C@H]1C(F)(F)F. The van der Waals surface area contributed by atoms with Crippen molar-refractivity contribution in [1.29, 1.82) is 0 Å². The van der Waals surface area contributed by atoms with Crippen molar-refractivity contribution < 1.29 is 13.2 Å². The minimum Gasteiger partial charge on any atom is -0.300 e. The highest BCUT2D eigenvalue weighted by molar-refractivity contribution is 5.04. The van der Waals surface area contributed by atoms with E-state index in [2.05, 4.69) is 5.32 Å². The lowest BCUT2D eigenvalue weighted by Gasteiger charge is -2.03. The van der Waals surface area contributed by atoms with E-state index in [1.54, 1.807) is 13.8 Å². The van der Waals surface area contributed by atoms with Crippen LogP contribution >= 0.6 is 0 Å². The number of hydrogen-bond acceptors (Lipinski definition) is 1. The van der Waals surface area contributed by atoms with Crippen molar-refractivity contribution in [2.45, 2.75) is 32.1 Å². The smallest absolute Gasteiger partial charge is 0.300 e. The Morgan fingerprint density at radius 3 is 1.90 bits per heavy atom. The van der Waals surface area contributed by atoms with E-state index >= 15 is 0 Å². The highest BCUT2D eigenvalue weighted by Gasteiger charge is 2.56. The highest BCUT2D eigenvalue weighted by atomic mass is 19.4. The van der Waals surface area contributed by atoms with Crippen LogP contribution in [-0.4, -0.2) is 18.3 Å². The minimum atomic E-state index is -4.05. The Bertz CT molecular complexity index is 129. The number of hydrogen-bond donors (Lipinski definition) is 1. The van der Waals surface area contributed by atoms with Gasteiger partial charge in [-0.2, -0.15) is 13.2 Å². The molecular formula is C6H10F3N. The third-order valence-corrected chi connectivity index (χ3v) is 1.69. The Morgan fingerprint density at radius 1 is 1.30 bits per heavy atom. The van der Waals surface area contributed by atoms with Gasteiger partial charge in [0.05, 0.1) is 0 Å². The zero-order chi connectivity index (χ0) is 7.94. The fourth-order valence-electron chi connectivity index (χ4n) is 1.03. The van der Waals surface area contributed by atoms with Gasteiger partial charge in [0.2, 0.25) is 0 Å². The molecule has 0 unspecified atom stereocenters. The molecule has 0 aromatic heterocycles. The number of halogens is 3. The molecule has 0 radical (unpaired) electrons. The molecule has 1 aliphatic heterocycles. The van der Waals surface area contributed by atoms with E-state index in [4.69, 9.17) is 0 Å². The van der Waals surface area contributed by atoms with Gasteiger partial charge in [-0.15, -0.1) is 0 Å². The van der Waals surface area contributed by atoms with E-state index in [0.717, 1.165) is 0 Å². The van der Waals surface area contributed by atoms with E-state index in [-0.39, 0.29) is 12.0 Å². The molecule has 10 heavy (non-hydrogen) atoms. The topological polar surface area (TPSA) is 21.9 Å². The normalized spacial score (nSPS) is 33.0. The van der Waals surface area contributed by atoms with Crippen molar-refractivity contribution in [2.24, 2.45) is 5.92 Å². The summed E-state index contributed by atoms with van der Waals surface area (Å²) in [6, 6.07) is -1.59. The van der Waals surface area contributed by atoms with Crippen LogP contribution in [0.3, 0.4) is 0 Å². The molecule has 1 N–H and O–H groups in total. The van der Waals surface area contributed by atoms with E-state index in [0.29, 0.717) is 0 Å². The summed E-state index contributed by atoms with van der Waals surface area (Å²) in [4.78, 5) is 0. The minimum absolute atomic E-state index is 0.0756. The maximum absolute atomic E-state index is 11.8. The first kappa shape index (κ1) is 7.85. The quantitative estimate of drug-likeness (QED) is 0.567. The van der Waals surface area contributed by atoms with Gasteiger partial charge in [0.1, 0.15) is 6.04 Å². The van der Waals surface area contributed by atoms with Crippen LogP contribution in [0.2, 0.25) is 0 Å². The Kier molecular flexibility index (Phi) is 1.66. The summed E-state index contributed by atoms with van der Waals surface area (Å²) in [6.07, 6.45) is -4.05. The molecule has 0 aromatic rings. The average molecular weight is 153 g/mol. The van der Waals surface area contributed by atoms with Crippen LogP contribution < -0.4 is 5.32 Å². The molecule has 1 saturated heterocycles. The first-order chi connectivity index (χ1) is 4.43. The van der Waals surface area contributed by atoms with Crippen LogP contribution in [0.15, 0.2) is 0 Å². The lowest BCUT2D eigenvalue weighted by molar-refractivity contribution is -0.130. The number of rotatable bonds is 1. The van der Waals surface area contributed by atoms with E-state index in [1.807, 2.05) is 0 Å². The van der Waals surface area contributed by atoms with Crippen molar-refractivity contribution in [3.05, 3.63) is 0 Å². The maximum Gasteiger partial charge on any atom is 0.405 e. The van der Waals surface area contributed by atoms with Gasteiger partial charge in [-0.05, 0) is 5.92 Å². The Hall–Kier alpha value is -0.250. The van der Waals surface area contributed by atoms with Crippen LogP contribution in [0.1, 0.15) is 13.8 Å². The van der Waals surface area contributed by atoms with Crippen molar-refractivity contribution in [3.8, 4) is 0 Å². The van der Waals surface area contributed by atoms with Gasteiger partial charge >= 0.3 is 6.18 Å². The van der Waals surface area contributed by atoms with Crippen LogP contribution in [0, 0.1) is 5.92 Å². The summed E-state index contributed by atoms with van der Waals surface area (Å²) in [7, 11) is 0. The summed E-state index contributed by atoms with van der Waals surface area (Å²) in [6.45, 7) is 3.56. The Labute approximate surface area is 57.6 Å². The van der Waals surface area contributed by atoms with E-state index in [1.165, 1.54) is 0 Å². The van der Waals surface area contributed by atoms with E-state index < -0.39 is 12.2 Å². The van der Waals surface area contributed by atoms with E-state index in [9.17, 15) is 13.2 Å². The number of alkyl halides is 3. The van der Waals surface area contributed by atoms with Gasteiger partial charge in [-0.25, -0.2) is 0 Å². The molecule has 0 aromatic carbocycles. The van der Waals surface area contributed by atoms with Gasteiger partial charge < -0.3 is 0 Å². The summed E-state index contributed by atoms with van der Waals surface area (Å²) in [5, 5.41) is 2.38. The number of nitrogens with one attached hydrogen (secondary N) is 1. The van der Waals surface area contributed by atoms with Crippen molar-refractivity contribution in [3.63, 3.8) is 0 Å². The molecule has 0 aliphatic carbocycles. The monoisotopic (exact) mass is 153 g/mol. The second-order valence-electron chi connectivity index (χ2n) is 2.96. The maximum atomic E-state index is 11.8. The molecular weight excluding hydrogens is 143 g/mol. The zero-order valence-electron chi connectivity index (χ0n) is 5.87. The molecule has 4 heteroatoms. The van der Waals surface area contributed by atoms with Crippen LogP contribution in [-0.2, 0) is 0 Å². The molecule has 1 rings (SSSR count). The fourth-order valence-corrected chi connectivity index (χ4v) is 1.03. The molecule has 0 spiro atoms. The first-order valence-electron chi connectivity index (χ1n) is 3.25. The molecule has 0 saturated carbocycles. The third-order valence-electron chi connectivity index (χ3n) is 1.69. The van der Waals surface area contributed by atoms with Gasteiger partial charge in [0, 0.05) is 6.04 Å². The van der Waals surface area contributed by atoms with Gasteiger partial charge in [-0.3, -0.25) is 5.32 Å². The molecule has 1 aliphatic rings. The summed E-state index contributed by atoms with van der Waals surface area (Å²) in [5.41, 5.74) is 0. The second-order valence-corrected chi connectivity index (χ2v) is 2.96. The fraction of sp³-hybridized carbons (Fsp3) is 1.00. The largest absolute Gasteiger partial charge is 0.405 e. The van der Waals surface area contributed by atoms with Gasteiger partial charge in [0.25, 0.3) is 0 Å². The molecule has 0 amide bonds. The third kappa shape index (κ3) is 1.42. The lowest BCUT2D eigenvalue weighted by Crippen LogP contribution is -2.21. The molecule has 1 nitrogen and oxygen atoms in total. The summed E-state index contributed by atoms with van der Waals surface area (Å²) < 4.78 is 35.4. The van der Waals surface area contributed by atoms with Crippen LogP contribution in [0.5, 0.6) is 0 Å². The second kappa shape index (κ2) is 2.12. The summed E-state index contributed by atoms with van der Waals surface area (Å²) >= 11 is 0. The zero-order valence-corrected chi connectivity index (χ0v) is 5.87. The van der Waals surface area contributed by atoms with Crippen LogP contribution in [0.25, 0.3) is 0 Å². The predicted molar refractivity (Wildman–Crippen MR) is 31.6 cm³/mol. The molecule has 1 heterocycles. The van der Waals surface area contributed by atoms with Crippen molar-refractivity contribution >= 4 is 0 Å². The molecule has 60 valence electrons. The average Bonchev–Trinajstić information content (AvgIpc) is 2.35. The van der Waals surface area contributed by atoms with Crippen molar-refractivity contribution in [2.75, 3.05) is 0 Å². The molecule has 1 fully saturated rings. The first-order valence-corrected chi connectivity index (χ1v) is 3.25. The molecule has 2 atom stereocenters. The van der Waals surface area contributed by atoms with Crippen LogP contribution in [0.4, 0.5) is 13.2 Å². The standard InChI is InChI=1S/C6H10F3N/c1-3(2)4-5(10-4)6(7,8)9/h3-5,10H,1-2H3/t4-,5+/m0/s1.